The van der Waals surface area contributed by atoms with E-state index in [1.807, 2.05) is 24.3 Å². The number of ketones is 1. The fraction of sp³-hybridized carbons (Fsp3) is 0.286. The van der Waals surface area contributed by atoms with Gasteiger partial charge in [-0.2, -0.15) is 0 Å². The van der Waals surface area contributed by atoms with Crippen molar-refractivity contribution in [3.63, 3.8) is 0 Å². The van der Waals surface area contributed by atoms with Gasteiger partial charge >= 0.3 is 5.76 Å². The van der Waals surface area contributed by atoms with Gasteiger partial charge in [-0.3, -0.25) is 14.6 Å². The van der Waals surface area contributed by atoms with Crippen LogP contribution < -0.4 is 11.1 Å². The van der Waals surface area contributed by atoms with Crippen LogP contribution in [0.15, 0.2) is 51.7 Å². The Morgan fingerprint density at radius 3 is 2.41 bits per heavy atom. The van der Waals surface area contributed by atoms with E-state index in [1.54, 1.807) is 12.1 Å². The van der Waals surface area contributed by atoms with E-state index >= 15 is 0 Å². The summed E-state index contributed by atoms with van der Waals surface area (Å²) in [4.78, 5) is 38.1. The standard InChI is InChI=1S/C21H22N2O4/c1-21(2,3)14-5-7-15(8-6-14)22-19(25)11-10-17(24)13-4-9-16-18(12-13)27-20(26)23-16/h4-9,12H,10-11H2,1-3H3,(H,22,25)(H,23,26). The normalized spacial score (nSPS) is 11.5. The van der Waals surface area contributed by atoms with Crippen molar-refractivity contribution >= 4 is 28.5 Å². The Bertz CT molecular complexity index is 1040. The summed E-state index contributed by atoms with van der Waals surface area (Å²) < 4.78 is 4.95. The monoisotopic (exact) mass is 366 g/mol. The average molecular weight is 366 g/mol. The first kappa shape index (κ1) is 18.6. The molecule has 0 fully saturated rings. The summed E-state index contributed by atoms with van der Waals surface area (Å²) >= 11 is 0. The predicted octanol–water partition coefficient (Wildman–Crippen LogP) is 4.02. The van der Waals surface area contributed by atoms with Gasteiger partial charge in [0.05, 0.1) is 5.52 Å². The zero-order valence-corrected chi connectivity index (χ0v) is 15.6. The molecule has 0 radical (unpaired) electrons. The number of amides is 1. The molecule has 1 amide bonds. The number of benzene rings is 2. The maximum Gasteiger partial charge on any atom is 0.417 e. The molecule has 2 N–H and O–H groups in total. The number of carbonyl (C=O) groups is 2. The maximum atomic E-state index is 12.3. The minimum absolute atomic E-state index is 0.0503. The molecule has 2 aromatic carbocycles. The van der Waals surface area contributed by atoms with Gasteiger partial charge in [-0.05, 0) is 41.3 Å². The van der Waals surface area contributed by atoms with Crippen LogP contribution in [0, 0.1) is 0 Å². The molecule has 1 aromatic heterocycles. The van der Waals surface area contributed by atoms with Gasteiger partial charge in [0.2, 0.25) is 5.91 Å². The van der Waals surface area contributed by atoms with Crippen LogP contribution in [-0.4, -0.2) is 16.7 Å². The molecule has 27 heavy (non-hydrogen) atoms. The number of hydrogen-bond acceptors (Lipinski definition) is 4. The lowest BCUT2D eigenvalue weighted by Crippen LogP contribution is -2.14. The number of fused-ring (bicyclic) bond motifs is 1. The van der Waals surface area contributed by atoms with Crippen molar-refractivity contribution in [2.45, 2.75) is 39.0 Å². The lowest BCUT2D eigenvalue weighted by atomic mass is 9.87. The van der Waals surface area contributed by atoms with Crippen molar-refractivity contribution in [2.24, 2.45) is 0 Å². The highest BCUT2D eigenvalue weighted by atomic mass is 16.4. The highest BCUT2D eigenvalue weighted by molar-refractivity contribution is 6.01. The van der Waals surface area contributed by atoms with Crippen LogP contribution in [-0.2, 0) is 10.2 Å². The number of anilines is 1. The lowest BCUT2D eigenvalue weighted by molar-refractivity contribution is -0.116. The number of hydrogen-bond donors (Lipinski definition) is 2. The molecule has 0 aliphatic carbocycles. The second kappa shape index (κ2) is 7.23. The molecule has 0 aliphatic rings. The Balaban J connectivity index is 1.57. The number of aromatic amines is 1. The van der Waals surface area contributed by atoms with Gasteiger partial charge in [-0.15, -0.1) is 0 Å². The first-order valence-electron chi connectivity index (χ1n) is 8.79. The topological polar surface area (TPSA) is 92.2 Å². The first-order chi connectivity index (χ1) is 12.7. The minimum atomic E-state index is -0.563. The van der Waals surface area contributed by atoms with Gasteiger partial charge < -0.3 is 9.73 Å². The van der Waals surface area contributed by atoms with E-state index in [4.69, 9.17) is 4.42 Å². The maximum absolute atomic E-state index is 12.3. The summed E-state index contributed by atoms with van der Waals surface area (Å²) in [6.07, 6.45) is 0.154. The Hall–Kier alpha value is -3.15. The molecular formula is C21H22N2O4. The van der Waals surface area contributed by atoms with E-state index in [9.17, 15) is 14.4 Å². The van der Waals surface area contributed by atoms with Gasteiger partial charge in [-0.25, -0.2) is 4.79 Å². The van der Waals surface area contributed by atoms with E-state index < -0.39 is 5.76 Å². The van der Waals surface area contributed by atoms with Gasteiger partial charge in [0.25, 0.3) is 0 Å². The van der Waals surface area contributed by atoms with E-state index in [2.05, 4.69) is 31.1 Å². The number of rotatable bonds is 5. The van der Waals surface area contributed by atoms with Crippen molar-refractivity contribution in [2.75, 3.05) is 5.32 Å². The average Bonchev–Trinajstić information content (AvgIpc) is 2.98. The third-order valence-corrected chi connectivity index (χ3v) is 4.36. The van der Waals surface area contributed by atoms with Crippen LogP contribution in [0.4, 0.5) is 5.69 Å². The number of Topliss-reactive ketones (excluding diaryl/α,β-unsaturated/α-hetero) is 1. The van der Waals surface area contributed by atoms with Crippen molar-refractivity contribution in [1.82, 2.24) is 4.98 Å². The predicted molar refractivity (Wildman–Crippen MR) is 104 cm³/mol. The first-order valence-corrected chi connectivity index (χ1v) is 8.79. The summed E-state index contributed by atoms with van der Waals surface area (Å²) in [5.74, 6) is -0.966. The second-order valence-electron chi connectivity index (χ2n) is 7.52. The molecule has 140 valence electrons. The fourth-order valence-electron chi connectivity index (χ4n) is 2.77. The van der Waals surface area contributed by atoms with Crippen LogP contribution in [0.2, 0.25) is 0 Å². The highest BCUT2D eigenvalue weighted by Gasteiger charge is 2.14. The third-order valence-electron chi connectivity index (χ3n) is 4.36. The summed E-state index contributed by atoms with van der Waals surface area (Å²) in [5, 5.41) is 2.80. The molecule has 0 spiro atoms. The molecule has 0 bridgehead atoms. The molecule has 0 unspecified atom stereocenters. The Kier molecular flexibility index (Phi) is 4.99. The minimum Gasteiger partial charge on any atom is -0.408 e. The van der Waals surface area contributed by atoms with Crippen LogP contribution in [0.3, 0.4) is 0 Å². The third kappa shape index (κ3) is 4.53. The lowest BCUT2D eigenvalue weighted by Gasteiger charge is -2.19. The molecular weight excluding hydrogens is 344 g/mol. The summed E-state index contributed by atoms with van der Waals surface area (Å²) in [7, 11) is 0. The summed E-state index contributed by atoms with van der Waals surface area (Å²) in [5.41, 5.74) is 3.21. The van der Waals surface area contributed by atoms with E-state index in [0.29, 0.717) is 22.4 Å². The van der Waals surface area contributed by atoms with Gasteiger partial charge in [0.15, 0.2) is 11.4 Å². The quantitative estimate of drug-likeness (QED) is 0.667. The summed E-state index contributed by atoms with van der Waals surface area (Å²) in [6, 6.07) is 12.4. The molecule has 1 heterocycles. The van der Waals surface area contributed by atoms with Crippen LogP contribution >= 0.6 is 0 Å². The molecule has 0 aliphatic heterocycles. The van der Waals surface area contributed by atoms with Crippen LogP contribution in [0.25, 0.3) is 11.1 Å². The van der Waals surface area contributed by atoms with Crippen molar-refractivity contribution in [1.29, 1.82) is 0 Å². The number of H-pyrrole nitrogens is 1. The SMILES string of the molecule is CC(C)(C)c1ccc(NC(=O)CCC(=O)c2ccc3[nH]c(=O)oc3c2)cc1. The number of carbonyl (C=O) groups excluding carboxylic acids is 2. The zero-order valence-electron chi connectivity index (χ0n) is 15.6. The smallest absolute Gasteiger partial charge is 0.408 e. The van der Waals surface area contributed by atoms with Crippen LogP contribution in [0.1, 0.15) is 49.5 Å². The Morgan fingerprint density at radius 1 is 1.04 bits per heavy atom. The molecule has 0 saturated heterocycles. The largest absolute Gasteiger partial charge is 0.417 e. The van der Waals surface area contributed by atoms with Gasteiger partial charge in [-0.1, -0.05) is 32.9 Å². The highest BCUT2D eigenvalue weighted by Crippen LogP contribution is 2.23. The molecule has 6 heteroatoms. The van der Waals surface area contributed by atoms with E-state index in [1.165, 1.54) is 11.6 Å². The Labute approximate surface area is 156 Å². The van der Waals surface area contributed by atoms with Crippen molar-refractivity contribution < 1.29 is 14.0 Å². The van der Waals surface area contributed by atoms with Gasteiger partial charge in [0, 0.05) is 24.1 Å². The fourth-order valence-corrected chi connectivity index (χ4v) is 2.77. The molecule has 3 rings (SSSR count). The van der Waals surface area contributed by atoms with Crippen molar-refractivity contribution in [3.8, 4) is 0 Å². The van der Waals surface area contributed by atoms with Crippen LogP contribution in [0.5, 0.6) is 0 Å². The number of nitrogens with one attached hydrogen (secondary N) is 2. The number of oxazole rings is 1. The van der Waals surface area contributed by atoms with E-state index in [0.717, 1.165) is 0 Å². The molecule has 0 saturated carbocycles. The molecule has 0 atom stereocenters. The second-order valence-corrected chi connectivity index (χ2v) is 7.52. The molecule has 3 aromatic rings. The van der Waals surface area contributed by atoms with Crippen molar-refractivity contribution in [3.05, 3.63) is 64.1 Å². The Morgan fingerprint density at radius 2 is 1.74 bits per heavy atom. The summed E-state index contributed by atoms with van der Waals surface area (Å²) in [6.45, 7) is 6.38. The number of aromatic nitrogens is 1. The zero-order chi connectivity index (χ0) is 19.6. The van der Waals surface area contributed by atoms with E-state index in [-0.39, 0.29) is 29.9 Å². The molecule has 6 nitrogen and oxygen atoms in total. The van der Waals surface area contributed by atoms with Gasteiger partial charge in [0.1, 0.15) is 0 Å².